The first-order valence-electron chi connectivity index (χ1n) is 10.2. The van der Waals surface area contributed by atoms with Crippen molar-refractivity contribution in [3.05, 3.63) is 12.2 Å². The summed E-state index contributed by atoms with van der Waals surface area (Å²) >= 11 is 0. The van der Waals surface area contributed by atoms with E-state index in [2.05, 4.69) is 13.0 Å². The molecule has 158 valence electrons. The van der Waals surface area contributed by atoms with E-state index in [9.17, 15) is 14.7 Å². The zero-order valence-corrected chi connectivity index (χ0v) is 17.7. The number of unbranched alkanes of at least 4 members (excludes halogenated alkanes) is 4. The van der Waals surface area contributed by atoms with E-state index in [0.29, 0.717) is 30.3 Å². The summed E-state index contributed by atoms with van der Waals surface area (Å²) in [5.74, 6) is -1.28. The summed E-state index contributed by atoms with van der Waals surface area (Å²) in [7, 11) is 5.82. The fourth-order valence-electron chi connectivity index (χ4n) is 2.84. The van der Waals surface area contributed by atoms with Gasteiger partial charge >= 0.3 is 11.9 Å². The SMILES string of the molecule is CCCCCC(O)C/C=C/CCCCC(=O)OC(CC(=O)O)C[N+](C)(C)C. The van der Waals surface area contributed by atoms with Gasteiger partial charge in [0.1, 0.15) is 6.54 Å². The third-order valence-electron chi connectivity index (χ3n) is 4.17. The number of likely N-dealkylation sites (N-methyl/N-ethyl adjacent to an activating group) is 1. The van der Waals surface area contributed by atoms with E-state index < -0.39 is 12.1 Å². The van der Waals surface area contributed by atoms with Gasteiger partial charge in [-0.2, -0.15) is 0 Å². The molecule has 0 amide bonds. The number of aliphatic hydroxyl groups excluding tert-OH is 1. The summed E-state index contributed by atoms with van der Waals surface area (Å²) in [6.07, 6.45) is 10.8. The van der Waals surface area contributed by atoms with E-state index in [1.54, 1.807) is 0 Å². The highest BCUT2D eigenvalue weighted by Crippen LogP contribution is 2.10. The smallest absolute Gasteiger partial charge is 0.307 e. The zero-order chi connectivity index (χ0) is 20.7. The number of esters is 1. The maximum Gasteiger partial charge on any atom is 0.307 e. The Hall–Kier alpha value is -1.40. The minimum Gasteiger partial charge on any atom is -0.481 e. The van der Waals surface area contributed by atoms with Gasteiger partial charge in [0.15, 0.2) is 6.10 Å². The van der Waals surface area contributed by atoms with Crippen LogP contribution in [0.25, 0.3) is 0 Å². The second-order valence-electron chi connectivity index (χ2n) is 8.29. The summed E-state index contributed by atoms with van der Waals surface area (Å²) < 4.78 is 5.90. The molecule has 6 nitrogen and oxygen atoms in total. The second-order valence-corrected chi connectivity index (χ2v) is 8.29. The number of carboxylic acids is 1. The third kappa shape index (κ3) is 17.8. The van der Waals surface area contributed by atoms with Gasteiger partial charge in [0, 0.05) is 6.42 Å². The molecule has 2 N–H and O–H groups in total. The summed E-state index contributed by atoms with van der Waals surface area (Å²) in [5, 5.41) is 18.8. The van der Waals surface area contributed by atoms with Crippen LogP contribution in [0.5, 0.6) is 0 Å². The standard InChI is InChI=1S/C21H39NO5/c1-5-6-10-13-18(23)14-11-8-7-9-12-15-21(26)27-19(16-20(24)25)17-22(2,3)4/h8,11,18-19,23H,5-7,9-10,12-17H2,1-4H3/p+1/b11-8+. The molecule has 0 aliphatic heterocycles. The maximum atomic E-state index is 12.0. The van der Waals surface area contributed by atoms with Gasteiger partial charge < -0.3 is 19.4 Å². The highest BCUT2D eigenvalue weighted by molar-refractivity contribution is 5.71. The van der Waals surface area contributed by atoms with Crippen molar-refractivity contribution in [2.24, 2.45) is 0 Å². The molecular formula is C21H40NO5+. The monoisotopic (exact) mass is 386 g/mol. The lowest BCUT2D eigenvalue weighted by Gasteiger charge is -2.28. The molecule has 0 spiro atoms. The summed E-state index contributed by atoms with van der Waals surface area (Å²) in [6.45, 7) is 2.62. The molecule has 0 aromatic heterocycles. The van der Waals surface area contributed by atoms with Crippen molar-refractivity contribution in [2.75, 3.05) is 27.7 Å². The Bertz CT molecular complexity index is 442. The average molecular weight is 387 g/mol. The van der Waals surface area contributed by atoms with Gasteiger partial charge in [-0.25, -0.2) is 0 Å². The third-order valence-corrected chi connectivity index (χ3v) is 4.17. The Labute approximate surface area is 164 Å². The van der Waals surface area contributed by atoms with E-state index in [4.69, 9.17) is 9.84 Å². The highest BCUT2D eigenvalue weighted by atomic mass is 16.5. The van der Waals surface area contributed by atoms with Crippen LogP contribution in [0.2, 0.25) is 0 Å². The molecule has 0 aliphatic rings. The van der Waals surface area contributed by atoms with Crippen LogP contribution in [-0.4, -0.2) is 66.5 Å². The Morgan fingerprint density at radius 3 is 2.37 bits per heavy atom. The molecule has 0 rings (SSSR count). The first kappa shape index (κ1) is 25.6. The number of nitrogens with zero attached hydrogens (tertiary/aromatic N) is 1. The number of allylic oxidation sites excluding steroid dienone is 1. The lowest BCUT2D eigenvalue weighted by molar-refractivity contribution is -0.873. The molecule has 0 radical (unpaired) electrons. The minimum atomic E-state index is -0.955. The van der Waals surface area contributed by atoms with Crippen molar-refractivity contribution in [1.29, 1.82) is 0 Å². The van der Waals surface area contributed by atoms with Gasteiger partial charge in [-0.05, 0) is 32.1 Å². The van der Waals surface area contributed by atoms with Gasteiger partial charge in [0.25, 0.3) is 0 Å². The predicted octanol–water partition coefficient (Wildman–Crippen LogP) is 3.53. The zero-order valence-electron chi connectivity index (χ0n) is 17.7. The summed E-state index contributed by atoms with van der Waals surface area (Å²) in [5.41, 5.74) is 0. The van der Waals surface area contributed by atoms with Crippen molar-refractivity contribution in [2.45, 2.75) is 83.3 Å². The second kappa shape index (κ2) is 14.6. The molecule has 0 heterocycles. The van der Waals surface area contributed by atoms with E-state index in [1.807, 2.05) is 27.2 Å². The van der Waals surface area contributed by atoms with E-state index >= 15 is 0 Å². The number of hydrogen-bond acceptors (Lipinski definition) is 4. The van der Waals surface area contributed by atoms with Gasteiger partial charge in [-0.1, -0.05) is 38.3 Å². The van der Waals surface area contributed by atoms with Crippen molar-refractivity contribution < 1.29 is 29.0 Å². The summed E-state index contributed by atoms with van der Waals surface area (Å²) in [4.78, 5) is 22.9. The number of carbonyl (C=O) groups is 2. The number of hydrogen-bond donors (Lipinski definition) is 2. The summed E-state index contributed by atoms with van der Waals surface area (Å²) in [6, 6.07) is 0. The molecular weight excluding hydrogens is 346 g/mol. The van der Waals surface area contributed by atoms with Gasteiger partial charge in [-0.3, -0.25) is 9.59 Å². The van der Waals surface area contributed by atoms with Crippen LogP contribution < -0.4 is 0 Å². The fraction of sp³-hybridized carbons (Fsp3) is 0.810. The van der Waals surface area contributed by atoms with Crippen LogP contribution in [0.1, 0.15) is 71.1 Å². The number of rotatable bonds is 16. The van der Waals surface area contributed by atoms with Gasteiger partial charge in [0.2, 0.25) is 0 Å². The Balaban J connectivity index is 3.94. The van der Waals surface area contributed by atoms with Crippen molar-refractivity contribution in [3.63, 3.8) is 0 Å². The molecule has 6 heteroatoms. The van der Waals surface area contributed by atoms with E-state index in [1.165, 1.54) is 6.42 Å². The average Bonchev–Trinajstić information content (AvgIpc) is 2.51. The van der Waals surface area contributed by atoms with Crippen LogP contribution >= 0.6 is 0 Å². The molecule has 0 aromatic carbocycles. The molecule has 2 unspecified atom stereocenters. The van der Waals surface area contributed by atoms with Crippen molar-refractivity contribution >= 4 is 11.9 Å². The number of carbonyl (C=O) groups excluding carboxylic acids is 1. The molecule has 27 heavy (non-hydrogen) atoms. The number of carboxylic acid groups (broad SMARTS) is 1. The minimum absolute atomic E-state index is 0.162. The first-order chi connectivity index (χ1) is 12.6. The van der Waals surface area contributed by atoms with Gasteiger partial charge in [-0.15, -0.1) is 0 Å². The van der Waals surface area contributed by atoms with Gasteiger partial charge in [0.05, 0.1) is 33.7 Å². The maximum absolute atomic E-state index is 12.0. The molecule has 0 saturated carbocycles. The lowest BCUT2D eigenvalue weighted by atomic mass is 10.1. The van der Waals surface area contributed by atoms with E-state index in [-0.39, 0.29) is 18.5 Å². The number of ether oxygens (including phenoxy) is 1. The lowest BCUT2D eigenvalue weighted by Crippen LogP contribution is -2.43. The van der Waals surface area contributed by atoms with Crippen LogP contribution in [0.15, 0.2) is 12.2 Å². The Morgan fingerprint density at radius 1 is 1.07 bits per heavy atom. The number of aliphatic carboxylic acids is 1. The Morgan fingerprint density at radius 2 is 1.78 bits per heavy atom. The first-order valence-corrected chi connectivity index (χ1v) is 10.2. The molecule has 0 saturated heterocycles. The largest absolute Gasteiger partial charge is 0.481 e. The van der Waals surface area contributed by atoms with Crippen LogP contribution in [-0.2, 0) is 14.3 Å². The van der Waals surface area contributed by atoms with Crippen molar-refractivity contribution in [3.8, 4) is 0 Å². The van der Waals surface area contributed by atoms with Crippen LogP contribution in [0, 0.1) is 0 Å². The van der Waals surface area contributed by atoms with Crippen LogP contribution in [0.4, 0.5) is 0 Å². The molecule has 0 aliphatic carbocycles. The number of aliphatic hydroxyl groups is 1. The molecule has 0 fully saturated rings. The fourth-order valence-corrected chi connectivity index (χ4v) is 2.84. The normalized spacial score (nSPS) is 14.3. The van der Waals surface area contributed by atoms with E-state index in [0.717, 1.165) is 32.1 Å². The topological polar surface area (TPSA) is 83.8 Å². The number of quaternary nitrogens is 1. The highest BCUT2D eigenvalue weighted by Gasteiger charge is 2.24. The molecule has 2 atom stereocenters. The van der Waals surface area contributed by atoms with Crippen molar-refractivity contribution in [1.82, 2.24) is 0 Å². The molecule has 0 aromatic rings. The molecule has 0 bridgehead atoms. The quantitative estimate of drug-likeness (QED) is 0.183. The predicted molar refractivity (Wildman–Crippen MR) is 107 cm³/mol. The van der Waals surface area contributed by atoms with Crippen LogP contribution in [0.3, 0.4) is 0 Å². The Kier molecular flexibility index (Phi) is 13.9.